The van der Waals surface area contributed by atoms with E-state index in [9.17, 15) is 50.5 Å². The molecule has 0 saturated heterocycles. The zero-order chi connectivity index (χ0) is 30.9. The van der Waals surface area contributed by atoms with Crippen LogP contribution in [0.2, 0.25) is 0 Å². The molecule has 0 aromatic rings. The number of aliphatic hydroxyl groups excluding tert-OH is 3. The Labute approximate surface area is 236 Å². The van der Waals surface area contributed by atoms with Gasteiger partial charge in [-0.15, -0.1) is 0 Å². The summed E-state index contributed by atoms with van der Waals surface area (Å²) < 4.78 is 101. The summed E-state index contributed by atoms with van der Waals surface area (Å²) in [5, 5.41) is 27.4. The number of rotatable bonds is 7. The van der Waals surface area contributed by atoms with E-state index >= 15 is 0 Å². The lowest BCUT2D eigenvalue weighted by atomic mass is 9.43. The molecule has 8 nitrogen and oxygen atoms in total. The largest absolute Gasteiger partial charge is 0.445 e. The molecule has 0 amide bonds. The zero-order valence-electron chi connectivity index (χ0n) is 23.4. The minimum Gasteiger partial charge on any atom is -0.445 e. The molecule has 4 saturated carbocycles. The molecule has 0 aliphatic heterocycles. The lowest BCUT2D eigenvalue weighted by Gasteiger charge is -2.63. The van der Waals surface area contributed by atoms with E-state index in [1.54, 1.807) is 6.92 Å². The fourth-order valence-electron chi connectivity index (χ4n) is 9.33. The fraction of sp³-hybridized carbons (Fsp3) is 0.963. The first-order valence-corrected chi connectivity index (χ1v) is 15.7. The molecule has 0 aromatic carbocycles. The highest BCUT2D eigenvalue weighted by Gasteiger charge is 2.67. The number of alkyl halides is 5. The van der Waals surface area contributed by atoms with Gasteiger partial charge in [-0.2, -0.15) is 30.4 Å². The van der Waals surface area contributed by atoms with Crippen molar-refractivity contribution in [1.29, 1.82) is 0 Å². The molecule has 0 spiro atoms. The van der Waals surface area contributed by atoms with Crippen molar-refractivity contribution >= 4 is 16.1 Å². The summed E-state index contributed by atoms with van der Waals surface area (Å²) in [7, 11) is -6.52. The highest BCUT2D eigenvalue weighted by Crippen LogP contribution is 2.68. The molecule has 4 rings (SSSR count). The van der Waals surface area contributed by atoms with Crippen molar-refractivity contribution in [3.63, 3.8) is 0 Å². The maximum atomic E-state index is 13.8. The van der Waals surface area contributed by atoms with Gasteiger partial charge in [0.15, 0.2) is 0 Å². The number of halogens is 5. The third kappa shape index (κ3) is 5.53. The molecule has 5 unspecified atom stereocenters. The van der Waals surface area contributed by atoms with E-state index < -0.39 is 63.8 Å². The van der Waals surface area contributed by atoms with Crippen LogP contribution in [0.5, 0.6) is 0 Å². The van der Waals surface area contributed by atoms with Gasteiger partial charge in [0.05, 0.1) is 18.3 Å². The normalized spacial score (nSPS) is 42.9. The minimum atomic E-state index is -6.52. The number of hydrogen-bond donors (Lipinski definition) is 4. The minimum absolute atomic E-state index is 0.0432. The van der Waals surface area contributed by atoms with Crippen LogP contribution in [0, 0.1) is 46.3 Å². The Kier molecular flexibility index (Phi) is 8.66. The Balaban J connectivity index is 1.46. The van der Waals surface area contributed by atoms with Gasteiger partial charge in [0.1, 0.15) is 0 Å². The molecule has 12 atom stereocenters. The second-order valence-electron chi connectivity index (χ2n) is 13.5. The van der Waals surface area contributed by atoms with Crippen molar-refractivity contribution in [1.82, 2.24) is 0 Å². The Morgan fingerprint density at radius 3 is 2.22 bits per heavy atom. The first-order valence-electron chi connectivity index (χ1n) is 14.3. The van der Waals surface area contributed by atoms with Gasteiger partial charge in [0.2, 0.25) is 0 Å². The molecule has 0 radical (unpaired) electrons. The molecule has 41 heavy (non-hydrogen) atoms. The molecular weight excluding hydrogens is 579 g/mol. The smallest absolute Gasteiger partial charge is 0.432 e. The predicted molar refractivity (Wildman–Crippen MR) is 135 cm³/mol. The van der Waals surface area contributed by atoms with Crippen molar-refractivity contribution in [3.05, 3.63) is 0 Å². The highest BCUT2D eigenvalue weighted by molar-refractivity contribution is 7.86. The monoisotopic (exact) mass is 620 g/mol. The number of esters is 1. The van der Waals surface area contributed by atoms with Crippen LogP contribution in [0.25, 0.3) is 0 Å². The lowest BCUT2D eigenvalue weighted by Crippen LogP contribution is -2.62. The van der Waals surface area contributed by atoms with Crippen LogP contribution in [0.4, 0.5) is 22.0 Å². The van der Waals surface area contributed by atoms with Gasteiger partial charge in [-0.05, 0) is 97.7 Å². The summed E-state index contributed by atoms with van der Waals surface area (Å²) in [5.41, 5.74) is -0.784. The topological polar surface area (TPSA) is 141 Å². The van der Waals surface area contributed by atoms with E-state index in [1.165, 1.54) is 0 Å². The van der Waals surface area contributed by atoms with Crippen molar-refractivity contribution in [2.45, 2.75) is 114 Å². The fourth-order valence-corrected chi connectivity index (χ4v) is 9.78. The van der Waals surface area contributed by atoms with Crippen molar-refractivity contribution in [3.8, 4) is 0 Å². The zero-order valence-corrected chi connectivity index (χ0v) is 24.2. The summed E-state index contributed by atoms with van der Waals surface area (Å²) in [6, 6.07) is 0. The van der Waals surface area contributed by atoms with Gasteiger partial charge in [0, 0.05) is 6.42 Å². The Morgan fingerprint density at radius 1 is 1.00 bits per heavy atom. The average Bonchev–Trinajstić information content (AvgIpc) is 3.19. The van der Waals surface area contributed by atoms with E-state index in [1.807, 2.05) is 6.92 Å². The third-order valence-electron chi connectivity index (χ3n) is 11.5. The SMILES string of the molecule is C[C@H](CCC(=O)OC(C(F)(F)F)C(F)(F)S(=O)(=O)O)[C@H]1CC[C@H]2[C@@H]3C(O)CC4CC(O)CC[C@]4(C)[C@H]3CC(O)[C@]12C. The maximum Gasteiger partial charge on any atom is 0.432 e. The van der Waals surface area contributed by atoms with Crippen molar-refractivity contribution in [2.75, 3.05) is 0 Å². The average molecular weight is 621 g/mol. The number of fused-ring (bicyclic) bond motifs is 5. The summed E-state index contributed by atoms with van der Waals surface area (Å²) >= 11 is 0. The molecule has 0 bridgehead atoms. The van der Waals surface area contributed by atoms with Crippen LogP contribution >= 0.6 is 0 Å². The Hall–Kier alpha value is -1.09. The van der Waals surface area contributed by atoms with Gasteiger partial charge in [-0.1, -0.05) is 20.8 Å². The van der Waals surface area contributed by atoms with Gasteiger partial charge in [-0.25, -0.2) is 0 Å². The van der Waals surface area contributed by atoms with Crippen LogP contribution in [-0.4, -0.2) is 70.1 Å². The van der Waals surface area contributed by atoms with Crippen LogP contribution in [0.3, 0.4) is 0 Å². The summed E-state index contributed by atoms with van der Waals surface area (Å²) in [6.45, 7) is 5.90. The quantitative estimate of drug-likeness (QED) is 0.187. The number of carbonyl (C=O) groups excluding carboxylic acids is 1. The summed E-state index contributed by atoms with van der Waals surface area (Å²) in [5.74, 6) is -2.12. The number of carbonyl (C=O) groups is 1. The number of ether oxygens (including phenoxy) is 1. The van der Waals surface area contributed by atoms with Crippen molar-refractivity contribution in [2.24, 2.45) is 46.3 Å². The number of aliphatic hydroxyl groups is 3. The van der Waals surface area contributed by atoms with Gasteiger partial charge in [0.25, 0.3) is 6.10 Å². The van der Waals surface area contributed by atoms with Crippen LogP contribution in [-0.2, 0) is 19.6 Å². The predicted octanol–water partition coefficient (Wildman–Crippen LogP) is 4.32. The molecule has 4 aliphatic rings. The molecule has 4 aliphatic carbocycles. The van der Waals surface area contributed by atoms with Crippen LogP contribution in [0.15, 0.2) is 0 Å². The number of hydrogen-bond acceptors (Lipinski definition) is 7. The van der Waals surface area contributed by atoms with Crippen molar-refractivity contribution < 1.29 is 59.8 Å². The molecule has 0 heterocycles. The second kappa shape index (κ2) is 10.8. The molecule has 4 N–H and O–H groups in total. The Morgan fingerprint density at radius 2 is 1.63 bits per heavy atom. The molecule has 238 valence electrons. The molecule has 0 aromatic heterocycles. The van der Waals surface area contributed by atoms with Gasteiger partial charge < -0.3 is 20.1 Å². The first-order chi connectivity index (χ1) is 18.7. The van der Waals surface area contributed by atoms with Gasteiger partial charge in [-0.3, -0.25) is 9.35 Å². The van der Waals surface area contributed by atoms with Gasteiger partial charge >= 0.3 is 27.5 Å². The summed E-state index contributed by atoms with van der Waals surface area (Å²) in [6.07, 6.45) is -8.37. The lowest BCUT2D eigenvalue weighted by molar-refractivity contribution is -0.259. The second-order valence-corrected chi connectivity index (χ2v) is 15.0. The summed E-state index contributed by atoms with van der Waals surface area (Å²) in [4.78, 5) is 12.2. The van der Waals surface area contributed by atoms with E-state index in [-0.39, 0.29) is 47.3 Å². The highest BCUT2D eigenvalue weighted by atomic mass is 32.2. The first kappa shape index (κ1) is 32.8. The van der Waals surface area contributed by atoms with E-state index in [4.69, 9.17) is 4.55 Å². The third-order valence-corrected chi connectivity index (χ3v) is 12.4. The van der Waals surface area contributed by atoms with E-state index in [2.05, 4.69) is 11.7 Å². The van der Waals surface area contributed by atoms with E-state index in [0.717, 1.165) is 6.42 Å². The van der Waals surface area contributed by atoms with Crippen LogP contribution < -0.4 is 0 Å². The van der Waals surface area contributed by atoms with E-state index in [0.29, 0.717) is 38.5 Å². The standard InChI is InChI=1S/C27H41F5O8S/c1-13(4-7-21(36)40-23(26(28,29)30)27(31,32)41(37,38)39)16-5-6-17-22-18(12-20(35)25(16,17)3)24(2)9-8-15(33)10-14(24)11-19(22)34/h13-20,22-23,33-35H,4-12H2,1-3H3,(H,37,38,39)/t13-,14?,15?,16-,17+,18+,19?,20?,22+,23?,24+,25-/m1/s1. The maximum absolute atomic E-state index is 13.8. The van der Waals surface area contributed by atoms with Crippen LogP contribution in [0.1, 0.15) is 78.6 Å². The molecule has 14 heteroatoms. The molecule has 4 fully saturated rings. The Bertz CT molecular complexity index is 1100. The molecular formula is C27H41F5O8S.